The van der Waals surface area contributed by atoms with Gasteiger partial charge in [0, 0.05) is 26.9 Å². The maximum absolute atomic E-state index is 14.1. The van der Waals surface area contributed by atoms with Gasteiger partial charge in [-0.05, 0) is 36.4 Å². The van der Waals surface area contributed by atoms with Crippen LogP contribution < -0.4 is 0 Å². The molecule has 0 unspecified atom stereocenters. The van der Waals surface area contributed by atoms with Gasteiger partial charge in [0.2, 0.25) is 0 Å². The van der Waals surface area contributed by atoms with Crippen molar-refractivity contribution in [3.05, 3.63) is 102 Å². The molecule has 130 valence electrons. The van der Waals surface area contributed by atoms with Crippen LogP contribution in [0.4, 0.5) is 4.39 Å². The summed E-state index contributed by atoms with van der Waals surface area (Å²) in [6.07, 6.45) is 0. The predicted octanol–water partition coefficient (Wildman–Crippen LogP) is 7.24. The molecule has 5 rings (SSSR count). The van der Waals surface area contributed by atoms with E-state index < -0.39 is 0 Å². The van der Waals surface area contributed by atoms with Gasteiger partial charge in [0.1, 0.15) is 5.82 Å². The molecule has 0 aliphatic rings. The number of fused-ring (bicyclic) bond motifs is 3. The molecule has 1 heterocycles. The van der Waals surface area contributed by atoms with Crippen molar-refractivity contribution in [1.29, 1.82) is 0 Å². The van der Waals surface area contributed by atoms with Crippen LogP contribution in [0.2, 0.25) is 5.02 Å². The molecule has 0 amide bonds. The third kappa shape index (κ3) is 2.53. The van der Waals surface area contributed by atoms with Crippen molar-refractivity contribution in [3.8, 4) is 16.8 Å². The van der Waals surface area contributed by atoms with Crippen LogP contribution in [0.5, 0.6) is 0 Å². The van der Waals surface area contributed by atoms with Gasteiger partial charge in [0.05, 0.1) is 16.7 Å². The highest BCUT2D eigenvalue weighted by Gasteiger charge is 2.16. The molecule has 0 bridgehead atoms. The van der Waals surface area contributed by atoms with Gasteiger partial charge < -0.3 is 4.57 Å². The average Bonchev–Trinajstić information content (AvgIpc) is 3.02. The quantitative estimate of drug-likeness (QED) is 0.308. The summed E-state index contributed by atoms with van der Waals surface area (Å²) in [5, 5.41) is 2.82. The van der Waals surface area contributed by atoms with Gasteiger partial charge in [-0.1, -0.05) is 66.2 Å². The molecule has 1 aromatic heterocycles. The summed E-state index contributed by atoms with van der Waals surface area (Å²) in [5.74, 6) is -0.248. The van der Waals surface area contributed by atoms with E-state index in [0.29, 0.717) is 5.02 Å². The van der Waals surface area contributed by atoms with Gasteiger partial charge in [0.25, 0.3) is 0 Å². The van der Waals surface area contributed by atoms with Crippen LogP contribution in [0.15, 0.2) is 91.0 Å². The molecular formula is C24H15ClFN. The van der Waals surface area contributed by atoms with Crippen molar-refractivity contribution in [2.75, 3.05) is 0 Å². The largest absolute Gasteiger partial charge is 0.309 e. The van der Waals surface area contributed by atoms with Gasteiger partial charge >= 0.3 is 0 Å². The summed E-state index contributed by atoms with van der Waals surface area (Å²) >= 11 is 6.48. The number of para-hydroxylation sites is 2. The van der Waals surface area contributed by atoms with Crippen molar-refractivity contribution in [3.63, 3.8) is 0 Å². The van der Waals surface area contributed by atoms with Crippen LogP contribution in [0.1, 0.15) is 0 Å². The number of hydrogen-bond acceptors (Lipinski definition) is 0. The first-order chi connectivity index (χ1) is 13.2. The topological polar surface area (TPSA) is 4.93 Å². The molecule has 5 aromatic rings. The molecule has 3 heteroatoms. The Balaban J connectivity index is 1.93. The number of rotatable bonds is 2. The minimum absolute atomic E-state index is 0.248. The third-order valence-corrected chi connectivity index (χ3v) is 5.27. The fourth-order valence-corrected chi connectivity index (χ4v) is 4.02. The summed E-state index contributed by atoms with van der Waals surface area (Å²) in [7, 11) is 0. The van der Waals surface area contributed by atoms with Crippen molar-refractivity contribution in [2.45, 2.75) is 0 Å². The van der Waals surface area contributed by atoms with Gasteiger partial charge in [-0.25, -0.2) is 4.39 Å². The van der Waals surface area contributed by atoms with Crippen molar-refractivity contribution < 1.29 is 4.39 Å². The fraction of sp³-hybridized carbons (Fsp3) is 0. The maximum Gasteiger partial charge on any atom is 0.125 e. The summed E-state index contributed by atoms with van der Waals surface area (Å²) in [6.45, 7) is 0. The van der Waals surface area contributed by atoms with Crippen LogP contribution in [-0.4, -0.2) is 4.57 Å². The third-order valence-electron chi connectivity index (χ3n) is 4.94. The zero-order valence-corrected chi connectivity index (χ0v) is 15.1. The molecular weight excluding hydrogens is 357 g/mol. The highest BCUT2D eigenvalue weighted by molar-refractivity contribution is 6.33. The van der Waals surface area contributed by atoms with E-state index in [1.807, 2.05) is 54.6 Å². The Morgan fingerprint density at radius 2 is 1.30 bits per heavy atom. The van der Waals surface area contributed by atoms with E-state index >= 15 is 0 Å². The Bertz CT molecular complexity index is 1300. The standard InChI is InChI=1S/C24H15ClFN/c25-21-10-4-1-7-17(21)18-8-2-5-11-22(18)27-23-12-6-3-9-19(23)20-14-13-16(26)15-24(20)27/h1-15H. The van der Waals surface area contributed by atoms with Crippen molar-refractivity contribution >= 4 is 33.4 Å². The van der Waals surface area contributed by atoms with Crippen LogP contribution in [0.25, 0.3) is 38.6 Å². The number of benzene rings is 4. The zero-order chi connectivity index (χ0) is 18.4. The van der Waals surface area contributed by atoms with Crippen LogP contribution in [-0.2, 0) is 0 Å². The SMILES string of the molecule is Fc1ccc2c3ccccc3n(-c3ccccc3-c3ccccc3Cl)c2c1. The van der Waals surface area contributed by atoms with Crippen LogP contribution >= 0.6 is 11.6 Å². The molecule has 1 nitrogen and oxygen atoms in total. The number of aromatic nitrogens is 1. The highest BCUT2D eigenvalue weighted by atomic mass is 35.5. The molecule has 0 aliphatic heterocycles. The van der Waals surface area contributed by atoms with E-state index in [2.05, 4.69) is 28.8 Å². The molecule has 0 spiro atoms. The lowest BCUT2D eigenvalue weighted by atomic mass is 10.0. The van der Waals surface area contributed by atoms with Crippen LogP contribution in [0.3, 0.4) is 0 Å². The number of halogens is 2. The smallest absolute Gasteiger partial charge is 0.125 e. The summed E-state index contributed by atoms with van der Waals surface area (Å²) in [5.41, 5.74) is 4.82. The molecule has 0 saturated carbocycles. The monoisotopic (exact) mass is 371 g/mol. The van der Waals surface area contributed by atoms with Gasteiger partial charge in [-0.2, -0.15) is 0 Å². The summed E-state index contributed by atoms with van der Waals surface area (Å²) < 4.78 is 16.2. The van der Waals surface area contributed by atoms with E-state index in [4.69, 9.17) is 11.6 Å². The molecule has 0 atom stereocenters. The number of nitrogens with zero attached hydrogens (tertiary/aromatic N) is 1. The van der Waals surface area contributed by atoms with E-state index in [-0.39, 0.29) is 5.82 Å². The van der Waals surface area contributed by atoms with Gasteiger partial charge in [-0.3, -0.25) is 0 Å². The highest BCUT2D eigenvalue weighted by Crippen LogP contribution is 2.38. The summed E-state index contributed by atoms with van der Waals surface area (Å²) in [4.78, 5) is 0. The maximum atomic E-state index is 14.1. The zero-order valence-electron chi connectivity index (χ0n) is 14.4. The second-order valence-corrected chi connectivity index (χ2v) is 6.92. The number of hydrogen-bond donors (Lipinski definition) is 0. The normalized spacial score (nSPS) is 11.3. The van der Waals surface area contributed by atoms with Crippen molar-refractivity contribution in [2.24, 2.45) is 0 Å². The second-order valence-electron chi connectivity index (χ2n) is 6.51. The lowest BCUT2D eigenvalue weighted by Crippen LogP contribution is -1.97. The van der Waals surface area contributed by atoms with Gasteiger partial charge in [0.15, 0.2) is 0 Å². The molecule has 0 saturated heterocycles. The first-order valence-electron chi connectivity index (χ1n) is 8.77. The minimum Gasteiger partial charge on any atom is -0.309 e. The van der Waals surface area contributed by atoms with E-state index in [9.17, 15) is 4.39 Å². The lowest BCUT2D eigenvalue weighted by Gasteiger charge is -2.14. The Hall–Kier alpha value is -3.10. The second kappa shape index (κ2) is 6.26. The van der Waals surface area contributed by atoms with Crippen LogP contribution in [0, 0.1) is 5.82 Å². The van der Waals surface area contributed by atoms with E-state index in [0.717, 1.165) is 38.6 Å². The minimum atomic E-state index is -0.248. The van der Waals surface area contributed by atoms with Crippen molar-refractivity contribution in [1.82, 2.24) is 4.57 Å². The van der Waals surface area contributed by atoms with E-state index in [1.54, 1.807) is 6.07 Å². The summed E-state index contributed by atoms with van der Waals surface area (Å²) in [6, 6.07) is 29.0. The molecule has 27 heavy (non-hydrogen) atoms. The Morgan fingerprint density at radius 3 is 2.15 bits per heavy atom. The lowest BCUT2D eigenvalue weighted by molar-refractivity contribution is 0.629. The predicted molar refractivity (Wildman–Crippen MR) is 111 cm³/mol. The Labute approximate surface area is 161 Å². The Kier molecular flexibility index (Phi) is 3.73. The molecule has 0 aliphatic carbocycles. The molecule has 0 radical (unpaired) electrons. The molecule has 0 fully saturated rings. The average molecular weight is 372 g/mol. The fourth-order valence-electron chi connectivity index (χ4n) is 3.78. The first-order valence-corrected chi connectivity index (χ1v) is 9.15. The van der Waals surface area contributed by atoms with Gasteiger partial charge in [-0.15, -0.1) is 0 Å². The Morgan fingerprint density at radius 1 is 0.630 bits per heavy atom. The molecule has 0 N–H and O–H groups in total. The first kappa shape index (κ1) is 16.1. The molecule has 4 aromatic carbocycles. The van der Waals surface area contributed by atoms with E-state index in [1.165, 1.54) is 6.07 Å².